The molecule has 1 saturated heterocycles. The van der Waals surface area contributed by atoms with Crippen LogP contribution in [-0.4, -0.2) is 47.6 Å². The predicted octanol–water partition coefficient (Wildman–Crippen LogP) is 6.42. The molecular weight excluding hydrogens is 560 g/mol. The molecule has 1 fully saturated rings. The SMILES string of the molecule is CCCCOc1ccc(N2CCN(c3ccc(CNC(=O)c4c(CC)nc5cc(F)ccn45)cc3F)C[C@@H]2C)cc1.Cl. The van der Waals surface area contributed by atoms with Crippen molar-refractivity contribution in [2.75, 3.05) is 36.0 Å². The Morgan fingerprint density at radius 3 is 2.55 bits per heavy atom. The van der Waals surface area contributed by atoms with E-state index in [1.165, 1.54) is 24.4 Å². The number of carbonyl (C=O) groups excluding carboxylic acids is 1. The summed E-state index contributed by atoms with van der Waals surface area (Å²) in [6, 6.07) is 16.1. The number of rotatable bonds is 10. The monoisotopic (exact) mass is 597 g/mol. The first-order valence-electron chi connectivity index (χ1n) is 14.4. The quantitative estimate of drug-likeness (QED) is 0.214. The van der Waals surface area contributed by atoms with Gasteiger partial charge in [0.15, 0.2) is 0 Å². The Labute approximate surface area is 251 Å². The van der Waals surface area contributed by atoms with Crippen LogP contribution in [0.5, 0.6) is 5.75 Å². The average molecular weight is 598 g/mol. The number of unbranched alkanes of at least 4 members (excludes halogenated alkanes) is 1. The number of anilines is 2. The number of amides is 1. The van der Waals surface area contributed by atoms with Gasteiger partial charge in [0.2, 0.25) is 0 Å². The number of carbonyl (C=O) groups is 1. The average Bonchev–Trinajstić information content (AvgIpc) is 3.34. The van der Waals surface area contributed by atoms with Gasteiger partial charge >= 0.3 is 0 Å². The second-order valence-electron chi connectivity index (χ2n) is 10.5. The Morgan fingerprint density at radius 2 is 1.86 bits per heavy atom. The van der Waals surface area contributed by atoms with Gasteiger partial charge in [0.25, 0.3) is 5.91 Å². The fraction of sp³-hybridized carbons (Fsp3) is 0.375. The number of nitrogens with one attached hydrogen (secondary N) is 1. The van der Waals surface area contributed by atoms with Crippen LogP contribution in [0.1, 0.15) is 55.4 Å². The second kappa shape index (κ2) is 13.9. The first-order chi connectivity index (χ1) is 19.9. The van der Waals surface area contributed by atoms with Crippen LogP contribution in [0.15, 0.2) is 60.8 Å². The molecule has 0 saturated carbocycles. The maximum atomic E-state index is 15.3. The summed E-state index contributed by atoms with van der Waals surface area (Å²) in [6.07, 6.45) is 4.17. The van der Waals surface area contributed by atoms with E-state index in [1.807, 2.05) is 25.1 Å². The molecule has 10 heteroatoms. The Bertz CT molecular complexity index is 1510. The number of hydrogen-bond donors (Lipinski definition) is 1. The van der Waals surface area contributed by atoms with Gasteiger partial charge in [-0.05, 0) is 67.8 Å². The first-order valence-corrected chi connectivity index (χ1v) is 14.4. The normalized spacial score (nSPS) is 15.0. The van der Waals surface area contributed by atoms with Crippen LogP contribution in [0.4, 0.5) is 20.2 Å². The molecule has 2 aromatic carbocycles. The molecule has 1 atom stereocenters. The molecule has 0 radical (unpaired) electrons. The minimum Gasteiger partial charge on any atom is -0.494 e. The summed E-state index contributed by atoms with van der Waals surface area (Å²) in [4.78, 5) is 21.8. The van der Waals surface area contributed by atoms with Gasteiger partial charge in [-0.2, -0.15) is 0 Å². The number of benzene rings is 2. The smallest absolute Gasteiger partial charge is 0.270 e. The number of hydrogen-bond acceptors (Lipinski definition) is 5. The summed E-state index contributed by atoms with van der Waals surface area (Å²) in [5.41, 5.74) is 3.68. The van der Waals surface area contributed by atoms with Gasteiger partial charge in [0.1, 0.15) is 28.7 Å². The molecule has 2 aromatic heterocycles. The Kier molecular flexibility index (Phi) is 10.3. The van der Waals surface area contributed by atoms with E-state index in [-0.39, 0.29) is 36.7 Å². The van der Waals surface area contributed by atoms with E-state index in [0.717, 1.165) is 37.4 Å². The van der Waals surface area contributed by atoms with Crippen LogP contribution in [0.2, 0.25) is 0 Å². The largest absolute Gasteiger partial charge is 0.494 e. The summed E-state index contributed by atoms with van der Waals surface area (Å²) in [5.74, 6) is -0.182. The van der Waals surface area contributed by atoms with Gasteiger partial charge in [-0.15, -0.1) is 12.4 Å². The fourth-order valence-corrected chi connectivity index (χ4v) is 5.37. The van der Waals surface area contributed by atoms with Crippen molar-refractivity contribution in [1.29, 1.82) is 0 Å². The summed E-state index contributed by atoms with van der Waals surface area (Å²) in [5, 5.41) is 2.87. The van der Waals surface area contributed by atoms with Crippen LogP contribution < -0.4 is 19.9 Å². The van der Waals surface area contributed by atoms with Crippen molar-refractivity contribution < 1.29 is 18.3 Å². The first kappa shape index (κ1) is 31.1. The summed E-state index contributed by atoms with van der Waals surface area (Å²) >= 11 is 0. The molecule has 4 aromatic rings. The molecule has 7 nitrogen and oxygen atoms in total. The molecule has 1 aliphatic heterocycles. The van der Waals surface area contributed by atoms with Crippen LogP contribution in [-0.2, 0) is 13.0 Å². The van der Waals surface area contributed by atoms with Crippen molar-refractivity contribution in [1.82, 2.24) is 14.7 Å². The lowest BCUT2D eigenvalue weighted by atomic mass is 10.1. The zero-order chi connectivity index (χ0) is 28.9. The van der Waals surface area contributed by atoms with E-state index in [1.54, 1.807) is 10.5 Å². The van der Waals surface area contributed by atoms with E-state index >= 15 is 4.39 Å². The molecule has 0 spiro atoms. The standard InChI is InChI=1S/C32H37F2N5O2.ClH/c1-4-6-17-41-26-10-8-25(9-11-26)38-16-15-37(21-22(38)3)29-12-7-23(18-27(29)34)20-35-32(40)31-28(5-2)36-30-19-24(33)13-14-39(30)31;/h7-14,18-19,22H,4-6,15-17,20-21H2,1-3H3,(H,35,40);1H/t22-;/m0./s1. The number of imidazole rings is 1. The van der Waals surface area contributed by atoms with Crippen LogP contribution in [0.25, 0.3) is 5.65 Å². The predicted molar refractivity (Wildman–Crippen MR) is 165 cm³/mol. The van der Waals surface area contributed by atoms with Crippen molar-refractivity contribution in [3.8, 4) is 5.75 Å². The molecule has 5 rings (SSSR count). The molecule has 3 heterocycles. The number of fused-ring (bicyclic) bond motifs is 1. The van der Waals surface area contributed by atoms with Crippen molar-refractivity contribution in [2.24, 2.45) is 0 Å². The van der Waals surface area contributed by atoms with Crippen LogP contribution >= 0.6 is 12.4 Å². The van der Waals surface area contributed by atoms with Crippen LogP contribution in [0.3, 0.4) is 0 Å². The molecule has 0 bridgehead atoms. The second-order valence-corrected chi connectivity index (χ2v) is 10.5. The Morgan fingerprint density at radius 1 is 1.07 bits per heavy atom. The van der Waals surface area contributed by atoms with E-state index < -0.39 is 5.82 Å². The molecule has 224 valence electrons. The molecular formula is C32H38ClF2N5O2. The highest BCUT2D eigenvalue weighted by atomic mass is 35.5. The zero-order valence-electron chi connectivity index (χ0n) is 24.3. The third-order valence-electron chi connectivity index (χ3n) is 7.58. The number of pyridine rings is 1. The lowest BCUT2D eigenvalue weighted by Crippen LogP contribution is -2.52. The highest BCUT2D eigenvalue weighted by Gasteiger charge is 2.26. The Hall–Kier alpha value is -3.85. The van der Waals surface area contributed by atoms with Gasteiger partial charge in [-0.25, -0.2) is 13.8 Å². The van der Waals surface area contributed by atoms with Crippen molar-refractivity contribution >= 4 is 35.3 Å². The van der Waals surface area contributed by atoms with Crippen molar-refractivity contribution in [2.45, 2.75) is 52.6 Å². The number of nitrogens with zero attached hydrogens (tertiary/aromatic N) is 4. The van der Waals surface area contributed by atoms with Gasteiger partial charge in [0, 0.05) is 50.2 Å². The number of ether oxygens (including phenoxy) is 1. The highest BCUT2D eigenvalue weighted by Crippen LogP contribution is 2.28. The molecule has 0 unspecified atom stereocenters. The van der Waals surface area contributed by atoms with Crippen molar-refractivity contribution in [3.05, 3.63) is 89.4 Å². The summed E-state index contributed by atoms with van der Waals surface area (Å²) < 4.78 is 36.3. The van der Waals surface area contributed by atoms with E-state index in [0.29, 0.717) is 47.8 Å². The Balaban J connectivity index is 0.00000405. The number of halogens is 3. The third kappa shape index (κ3) is 6.78. The number of piperazine rings is 1. The molecule has 1 N–H and O–H groups in total. The third-order valence-corrected chi connectivity index (χ3v) is 7.58. The summed E-state index contributed by atoms with van der Waals surface area (Å²) in [7, 11) is 0. The van der Waals surface area contributed by atoms with Gasteiger partial charge < -0.3 is 19.9 Å². The number of aryl methyl sites for hydroxylation is 1. The minimum absolute atomic E-state index is 0. The van der Waals surface area contributed by atoms with Gasteiger partial charge in [-0.1, -0.05) is 26.3 Å². The highest BCUT2D eigenvalue weighted by molar-refractivity contribution is 5.94. The topological polar surface area (TPSA) is 62.1 Å². The van der Waals surface area contributed by atoms with Gasteiger partial charge in [0.05, 0.1) is 18.0 Å². The van der Waals surface area contributed by atoms with E-state index in [4.69, 9.17) is 4.74 Å². The maximum Gasteiger partial charge on any atom is 0.270 e. The van der Waals surface area contributed by atoms with E-state index in [9.17, 15) is 9.18 Å². The number of aromatic nitrogens is 2. The summed E-state index contributed by atoms with van der Waals surface area (Å²) in [6.45, 7) is 9.24. The molecule has 1 aliphatic rings. The molecule has 42 heavy (non-hydrogen) atoms. The lowest BCUT2D eigenvalue weighted by molar-refractivity contribution is 0.0944. The fourth-order valence-electron chi connectivity index (χ4n) is 5.37. The molecule has 0 aliphatic carbocycles. The zero-order valence-corrected chi connectivity index (χ0v) is 25.1. The van der Waals surface area contributed by atoms with Crippen molar-refractivity contribution in [3.63, 3.8) is 0 Å². The van der Waals surface area contributed by atoms with Crippen LogP contribution in [0, 0.1) is 11.6 Å². The molecule has 1 amide bonds. The maximum absolute atomic E-state index is 15.3. The minimum atomic E-state index is -0.412. The van der Waals surface area contributed by atoms with Gasteiger partial charge in [-0.3, -0.25) is 9.20 Å². The lowest BCUT2D eigenvalue weighted by Gasteiger charge is -2.42. The van der Waals surface area contributed by atoms with E-state index in [2.05, 4.69) is 46.1 Å².